The number of esters is 2. The van der Waals surface area contributed by atoms with Gasteiger partial charge in [0.25, 0.3) is 0 Å². The molecular weight excluding hydrogens is 1060 g/mol. The normalized spacial score (nSPS) is 19.4. The number of phenols is 4. The summed E-state index contributed by atoms with van der Waals surface area (Å²) in [6, 6.07) is 29.7. The van der Waals surface area contributed by atoms with Gasteiger partial charge >= 0.3 is 11.9 Å². The molecule has 6 aromatic carbocycles. The van der Waals surface area contributed by atoms with Gasteiger partial charge in [0.15, 0.2) is 34.5 Å². The number of carbonyl (C=O) groups excluding carboxylic acids is 2. The van der Waals surface area contributed by atoms with E-state index in [0.717, 1.165) is 88.6 Å². The van der Waals surface area contributed by atoms with Gasteiger partial charge in [0.2, 0.25) is 0 Å². The Morgan fingerprint density at radius 1 is 0.506 bits per heavy atom. The summed E-state index contributed by atoms with van der Waals surface area (Å²) >= 11 is 0. The van der Waals surface area contributed by atoms with Crippen LogP contribution in [0.1, 0.15) is 134 Å². The second kappa shape index (κ2) is 25.8. The molecule has 14 nitrogen and oxygen atoms in total. The lowest BCUT2D eigenvalue weighted by atomic mass is 9.67. The molecule has 3 unspecified atom stereocenters. The van der Waals surface area contributed by atoms with E-state index in [4.69, 9.17) is 20.5 Å². The molecule has 6 atom stereocenters. The summed E-state index contributed by atoms with van der Waals surface area (Å²) in [4.78, 5) is 29.7. The summed E-state index contributed by atoms with van der Waals surface area (Å²) in [6.45, 7) is 7.44. The lowest BCUT2D eigenvalue weighted by Crippen LogP contribution is -2.24. The van der Waals surface area contributed by atoms with E-state index in [1.165, 1.54) is 52.6 Å². The summed E-state index contributed by atoms with van der Waals surface area (Å²) in [5, 5.41) is 48.3. The molecule has 6 aliphatic carbocycles. The number of azide groups is 2. The van der Waals surface area contributed by atoms with Crippen molar-refractivity contribution < 1.29 is 39.5 Å². The van der Waals surface area contributed by atoms with Crippen molar-refractivity contribution in [3.8, 4) is 67.9 Å². The number of halogens is 3. The van der Waals surface area contributed by atoms with Crippen LogP contribution in [-0.2, 0) is 48.1 Å². The Bertz CT molecular complexity index is 3380. The van der Waals surface area contributed by atoms with Gasteiger partial charge in [0, 0.05) is 52.4 Å². The highest BCUT2D eigenvalue weighted by molar-refractivity contribution is 5.88. The first-order chi connectivity index (χ1) is 36.9. The third-order valence-electron chi connectivity index (χ3n) is 17.0. The summed E-state index contributed by atoms with van der Waals surface area (Å²) in [5.41, 5.74) is 33.9. The number of aromatic hydroxyl groups is 4. The van der Waals surface area contributed by atoms with Crippen molar-refractivity contribution in [2.45, 2.75) is 122 Å². The van der Waals surface area contributed by atoms with E-state index in [1.54, 1.807) is 18.2 Å². The summed E-state index contributed by atoms with van der Waals surface area (Å²) in [7, 11) is 0. The fourth-order valence-corrected chi connectivity index (χ4v) is 13.1. The first kappa shape index (κ1) is 59.6. The molecule has 414 valence electrons. The molecule has 4 N–H and O–H groups in total. The average Bonchev–Trinajstić information content (AvgIpc) is 3.50. The molecule has 0 spiro atoms. The Kier molecular flexibility index (Phi) is 19.5. The van der Waals surface area contributed by atoms with Crippen molar-refractivity contribution in [3.05, 3.63) is 162 Å². The Morgan fingerprint density at radius 3 is 1.35 bits per heavy atom. The zero-order chi connectivity index (χ0) is 53.2. The minimum atomic E-state index is -0.444. The molecule has 79 heavy (non-hydrogen) atoms. The maximum Gasteiger partial charge on any atom is 0.311 e. The highest BCUT2D eigenvalue weighted by Gasteiger charge is 2.38. The van der Waals surface area contributed by atoms with E-state index < -0.39 is 11.9 Å². The molecule has 0 radical (unpaired) electrons. The predicted molar refractivity (Wildman–Crippen MR) is 314 cm³/mol. The molecule has 17 heteroatoms. The van der Waals surface area contributed by atoms with E-state index in [-0.39, 0.29) is 97.6 Å². The van der Waals surface area contributed by atoms with Crippen LogP contribution in [0.5, 0.6) is 34.5 Å². The van der Waals surface area contributed by atoms with E-state index in [0.29, 0.717) is 48.3 Å². The summed E-state index contributed by atoms with van der Waals surface area (Å²) < 4.78 is 11.0. The van der Waals surface area contributed by atoms with Crippen molar-refractivity contribution in [1.29, 1.82) is 0 Å². The fourth-order valence-electron chi connectivity index (χ4n) is 13.1. The number of phenolic OH excluding ortho intramolecular Hbond substituents is 4. The number of hydrogen-bond acceptors (Lipinski definition) is 10. The molecule has 0 heterocycles. The monoisotopic (exact) mass is 1130 g/mol. The summed E-state index contributed by atoms with van der Waals surface area (Å²) in [6.07, 6.45) is 10.7. The van der Waals surface area contributed by atoms with Crippen molar-refractivity contribution in [2.24, 2.45) is 28.0 Å². The smallest absolute Gasteiger partial charge is 0.311 e. The van der Waals surface area contributed by atoms with Gasteiger partial charge in [-0.1, -0.05) is 104 Å². The van der Waals surface area contributed by atoms with Crippen LogP contribution in [0.4, 0.5) is 0 Å². The highest BCUT2D eigenvalue weighted by Crippen LogP contribution is 2.56. The average molecular weight is 1130 g/mol. The second-order valence-electron chi connectivity index (χ2n) is 21.5. The van der Waals surface area contributed by atoms with Crippen LogP contribution < -0.4 is 9.47 Å². The molecule has 12 rings (SSSR count). The van der Waals surface area contributed by atoms with E-state index in [2.05, 4.69) is 83.3 Å². The number of benzene rings is 6. The van der Waals surface area contributed by atoms with Crippen molar-refractivity contribution >= 4 is 49.2 Å². The zero-order valence-electron chi connectivity index (χ0n) is 44.6. The third kappa shape index (κ3) is 11.8. The van der Waals surface area contributed by atoms with E-state index in [9.17, 15) is 30.0 Å². The van der Waals surface area contributed by atoms with Gasteiger partial charge in [-0.05, 0) is 202 Å². The maximum atomic E-state index is 12.3. The number of aryl methyl sites for hydroxylation is 3. The number of nitrogens with zero attached hydrogens (tertiary/aromatic N) is 6. The maximum absolute atomic E-state index is 12.3. The van der Waals surface area contributed by atoms with Crippen molar-refractivity contribution in [1.82, 2.24) is 0 Å². The Morgan fingerprint density at radius 2 is 0.899 bits per heavy atom. The first-order valence-electron chi connectivity index (χ1n) is 26.9. The molecule has 0 aliphatic heterocycles. The minimum absolute atomic E-state index is 0. The van der Waals surface area contributed by atoms with Crippen LogP contribution in [-0.4, -0.2) is 45.5 Å². The molecule has 0 amide bonds. The number of hydrogen-bond donors (Lipinski definition) is 4. The fraction of sp³-hybridized carbons (Fsp3) is 0.387. The SMILES string of the molecule is CC1CCc2cccc3c2[C@H]1Cc1ccc(O)c(O)c1-3.CC1CCc2cccc3c2[C@H]1Cc1ccc(O)c(OC(=O)CCCN=[N+]=[N-])c1-3.CC1CCc2cccc3c2[C@H]1Cc1ccc(OC(=O)CCCN=[N+]=[N-])c(O)c1-3.Cl.Cl.Cl. The molecule has 6 aliphatic rings. The number of fused-ring (bicyclic) bond motifs is 6. The van der Waals surface area contributed by atoms with Gasteiger partial charge < -0.3 is 29.9 Å². The van der Waals surface area contributed by atoms with Gasteiger partial charge in [-0.25, -0.2) is 0 Å². The number of ether oxygens (including phenoxy) is 2. The van der Waals surface area contributed by atoms with Crippen molar-refractivity contribution in [2.75, 3.05) is 13.1 Å². The van der Waals surface area contributed by atoms with Crippen molar-refractivity contribution in [3.63, 3.8) is 0 Å². The number of rotatable bonds is 10. The third-order valence-corrected chi connectivity index (χ3v) is 17.0. The van der Waals surface area contributed by atoms with Crippen LogP contribution in [0.3, 0.4) is 0 Å². The molecular formula is C62H67Cl3N6O8. The van der Waals surface area contributed by atoms with E-state index in [1.807, 2.05) is 30.3 Å². The molecule has 0 aromatic heterocycles. The van der Waals surface area contributed by atoms with Crippen LogP contribution in [0.15, 0.2) is 101 Å². The highest BCUT2D eigenvalue weighted by atomic mass is 35.5. The van der Waals surface area contributed by atoms with Gasteiger partial charge in [0.05, 0.1) is 0 Å². The first-order valence-corrected chi connectivity index (χ1v) is 26.9. The van der Waals surface area contributed by atoms with Crippen LogP contribution in [0.25, 0.3) is 54.3 Å². The quantitative estimate of drug-likeness (QED) is 0.0195. The van der Waals surface area contributed by atoms with Gasteiger partial charge in [-0.3, -0.25) is 9.59 Å². The minimum Gasteiger partial charge on any atom is -0.504 e. The Labute approximate surface area is 479 Å². The molecule has 0 fully saturated rings. The molecule has 0 saturated carbocycles. The predicted octanol–water partition coefficient (Wildman–Crippen LogP) is 15.8. The van der Waals surface area contributed by atoms with Crippen LogP contribution >= 0.6 is 37.2 Å². The van der Waals surface area contributed by atoms with Crippen LogP contribution in [0, 0.1) is 17.8 Å². The van der Waals surface area contributed by atoms with Gasteiger partial charge in [-0.2, -0.15) is 0 Å². The molecule has 0 bridgehead atoms. The topological polar surface area (TPSA) is 231 Å². The van der Waals surface area contributed by atoms with Crippen LogP contribution in [0.2, 0.25) is 0 Å². The zero-order valence-corrected chi connectivity index (χ0v) is 47.0. The standard InChI is InChI=1S/2C22H23N3O3.C18H18O2.3ClH/c1-13-7-8-14-4-2-5-16-20(14)17(13)12-15-9-10-18(22(27)21(15)16)28-19(26)6-3-11-24-25-23;1-13-7-8-14-4-2-5-16-20(14)17(13)12-15-9-10-18(26)22(21(15)16)28-19(27)6-3-11-24-25-23;1-10-5-6-11-3-2-4-13-16(11)14(10)9-12-7-8-15(19)18(20)17(12)13;;;/h2,4-5,9-10,13,17,27H,3,6-8,11-12H2,1H3;2,4-5,9-10,13,17,26H,3,6-8,11-12H2,1H3;2-4,7-8,10,14,19-20H,5-6,9H2,1H3;3*1H/t2*13?,17-;10?,14-;;;/m000.../s1. The number of carbonyl (C=O) groups is 2. The van der Waals surface area contributed by atoms with E-state index >= 15 is 0 Å². The lowest BCUT2D eigenvalue weighted by molar-refractivity contribution is -0.135. The Balaban J connectivity index is 0.000000171. The Hall–Kier alpha value is -7.05. The molecule has 6 aromatic rings. The molecule has 0 saturated heterocycles. The van der Waals surface area contributed by atoms with Gasteiger partial charge in [0.1, 0.15) is 0 Å². The lowest BCUT2D eigenvalue weighted by Gasteiger charge is -2.38. The second-order valence-corrected chi connectivity index (χ2v) is 21.5. The summed E-state index contributed by atoms with van der Waals surface area (Å²) in [5.74, 6) is 2.94. The van der Waals surface area contributed by atoms with Gasteiger partial charge in [-0.15, -0.1) is 37.2 Å². The largest absolute Gasteiger partial charge is 0.504 e.